The number of ketones is 1. The quantitative estimate of drug-likeness (QED) is 0.359. The summed E-state index contributed by atoms with van der Waals surface area (Å²) in [5.41, 5.74) is 1.25. The van der Waals surface area contributed by atoms with Crippen LogP contribution in [-0.2, 0) is 14.3 Å². The highest BCUT2D eigenvalue weighted by Crippen LogP contribution is 2.43. The van der Waals surface area contributed by atoms with Crippen LogP contribution < -0.4 is 5.11 Å². The first-order valence-electron chi connectivity index (χ1n) is 9.26. The normalized spacial score (nSPS) is 19.8. The van der Waals surface area contributed by atoms with Gasteiger partial charge in [-0.3, -0.25) is 9.59 Å². The number of rotatable bonds is 8. The Hall–Kier alpha value is -2.45. The van der Waals surface area contributed by atoms with Crippen molar-refractivity contribution in [2.75, 3.05) is 27.7 Å². The average molecular weight is 423 g/mol. The molecule has 3 rings (SSSR count). The maximum Gasteiger partial charge on any atom is 0.310 e. The molecule has 2 aromatic rings. The van der Waals surface area contributed by atoms with Crippen LogP contribution in [0.4, 0.5) is 0 Å². The van der Waals surface area contributed by atoms with Gasteiger partial charge in [-0.15, -0.1) is 0 Å². The van der Waals surface area contributed by atoms with Crippen molar-refractivity contribution in [2.45, 2.75) is 25.9 Å². The molecule has 1 unspecified atom stereocenters. The summed E-state index contributed by atoms with van der Waals surface area (Å²) < 4.78 is 11.2. The number of aliphatic carboxylic acids is 1. The molecule has 0 radical (unpaired) electrons. The molecule has 1 aliphatic carbocycles. The zero-order valence-electron chi connectivity index (χ0n) is 16.7. The lowest BCUT2D eigenvalue weighted by Crippen LogP contribution is -2.45. The summed E-state index contributed by atoms with van der Waals surface area (Å²) in [6, 6.07) is 3.10. The van der Waals surface area contributed by atoms with Crippen molar-refractivity contribution in [3.8, 4) is 0 Å². The van der Waals surface area contributed by atoms with Crippen molar-refractivity contribution in [3.63, 3.8) is 0 Å². The number of halogens is 1. The fraction of sp³-hybridized carbons (Fsp3) is 0.500. The lowest BCUT2D eigenvalue weighted by Gasteiger charge is -2.29. The van der Waals surface area contributed by atoms with Gasteiger partial charge in [0.15, 0.2) is 23.4 Å². The largest absolute Gasteiger partial charge is 0.550 e. The zero-order chi connectivity index (χ0) is 21.5. The Bertz CT molecular complexity index is 977. The highest BCUT2D eigenvalue weighted by Gasteiger charge is 2.50. The van der Waals surface area contributed by atoms with Gasteiger partial charge in [-0.2, -0.15) is 0 Å². The number of carbonyl (C=O) groups is 3. The minimum absolute atomic E-state index is 0.223. The third-order valence-corrected chi connectivity index (χ3v) is 4.98. The van der Waals surface area contributed by atoms with E-state index in [4.69, 9.17) is 20.8 Å². The Balaban J connectivity index is 1.68. The molecule has 1 aromatic heterocycles. The molecule has 3 atom stereocenters. The molecule has 9 heteroatoms. The van der Waals surface area contributed by atoms with E-state index in [1.54, 1.807) is 13.0 Å². The molecule has 156 valence electrons. The number of oxazole rings is 1. The standard InChI is InChI=1S/C20H23ClN2O6/c1-10-22-16-6-11(5-15(21)19(16)28-10)18(26)13-8-14(13)20(27)29-12(7-17(24)25)9-23(2,3)4/h5-6,12-14H,7-9H2,1-4H3/t12?,13-,14-/m0/s1. The summed E-state index contributed by atoms with van der Waals surface area (Å²) in [4.78, 5) is 40.4. The number of hydrogen-bond donors (Lipinski definition) is 0. The Morgan fingerprint density at radius 3 is 2.62 bits per heavy atom. The molecule has 29 heavy (non-hydrogen) atoms. The van der Waals surface area contributed by atoms with Crippen molar-refractivity contribution < 1.29 is 33.1 Å². The number of fused-ring (bicyclic) bond motifs is 1. The maximum atomic E-state index is 12.8. The highest BCUT2D eigenvalue weighted by atomic mass is 35.5. The Labute approximate surface area is 173 Å². The van der Waals surface area contributed by atoms with Gasteiger partial charge in [-0.25, -0.2) is 4.98 Å². The van der Waals surface area contributed by atoms with E-state index in [-0.39, 0.29) is 17.2 Å². The lowest BCUT2D eigenvalue weighted by atomic mass is 10.1. The third-order valence-electron chi connectivity index (χ3n) is 4.69. The minimum atomic E-state index is -1.29. The number of benzene rings is 1. The van der Waals surface area contributed by atoms with E-state index in [1.165, 1.54) is 6.07 Å². The molecule has 0 N–H and O–H groups in total. The number of Topliss-reactive ketones (excluding diaryl/α,β-unsaturated/α-hetero) is 1. The van der Waals surface area contributed by atoms with Gasteiger partial charge in [-0.05, 0) is 18.6 Å². The van der Waals surface area contributed by atoms with E-state index in [1.807, 2.05) is 21.1 Å². The third kappa shape index (κ3) is 5.13. The van der Waals surface area contributed by atoms with Crippen molar-refractivity contribution in [2.24, 2.45) is 11.8 Å². The molecule has 1 saturated carbocycles. The molecule has 1 aromatic carbocycles. The van der Waals surface area contributed by atoms with E-state index in [9.17, 15) is 19.5 Å². The van der Waals surface area contributed by atoms with E-state index >= 15 is 0 Å². The Morgan fingerprint density at radius 2 is 2.00 bits per heavy atom. The van der Waals surface area contributed by atoms with Crippen molar-refractivity contribution in [3.05, 3.63) is 28.6 Å². The van der Waals surface area contributed by atoms with Crippen LogP contribution in [0.25, 0.3) is 11.1 Å². The van der Waals surface area contributed by atoms with Gasteiger partial charge >= 0.3 is 5.97 Å². The number of carboxylic acid groups (broad SMARTS) is 1. The number of nitrogens with zero attached hydrogens (tertiary/aromatic N) is 2. The van der Waals surface area contributed by atoms with Gasteiger partial charge in [-0.1, -0.05) is 11.6 Å². The fourth-order valence-corrected chi connectivity index (χ4v) is 3.65. The summed E-state index contributed by atoms with van der Waals surface area (Å²) in [5.74, 6) is -2.74. The number of likely N-dealkylation sites (N-methyl/N-ethyl adjacent to an activating group) is 1. The second-order valence-corrected chi connectivity index (χ2v) is 8.87. The smallest absolute Gasteiger partial charge is 0.310 e. The summed E-state index contributed by atoms with van der Waals surface area (Å²) in [7, 11) is 5.60. The van der Waals surface area contributed by atoms with Gasteiger partial charge in [0.25, 0.3) is 0 Å². The number of aromatic nitrogens is 1. The molecular formula is C20H23ClN2O6. The van der Waals surface area contributed by atoms with Crippen LogP contribution in [0.3, 0.4) is 0 Å². The summed E-state index contributed by atoms with van der Waals surface area (Å²) in [6.07, 6.45) is -0.842. The first kappa shape index (κ1) is 21.3. The molecule has 1 aliphatic rings. The van der Waals surface area contributed by atoms with Crippen LogP contribution >= 0.6 is 11.6 Å². The minimum Gasteiger partial charge on any atom is -0.550 e. The number of ether oxygens (including phenoxy) is 1. The first-order chi connectivity index (χ1) is 13.4. The van der Waals surface area contributed by atoms with Gasteiger partial charge < -0.3 is 23.5 Å². The van der Waals surface area contributed by atoms with Gasteiger partial charge in [0.2, 0.25) is 0 Å². The zero-order valence-corrected chi connectivity index (χ0v) is 17.5. The number of hydrogen-bond acceptors (Lipinski definition) is 7. The molecule has 8 nitrogen and oxygen atoms in total. The molecule has 1 heterocycles. The molecule has 0 spiro atoms. The average Bonchev–Trinajstić information content (AvgIpc) is 3.27. The van der Waals surface area contributed by atoms with Crippen LogP contribution in [0.2, 0.25) is 5.02 Å². The fourth-order valence-electron chi connectivity index (χ4n) is 3.40. The Kier molecular flexibility index (Phi) is 5.69. The number of carbonyl (C=O) groups excluding carboxylic acids is 3. The van der Waals surface area contributed by atoms with Gasteiger partial charge in [0.1, 0.15) is 12.1 Å². The second kappa shape index (κ2) is 7.76. The predicted molar refractivity (Wildman–Crippen MR) is 102 cm³/mol. The lowest BCUT2D eigenvalue weighted by molar-refractivity contribution is -0.873. The Morgan fingerprint density at radius 1 is 1.31 bits per heavy atom. The summed E-state index contributed by atoms with van der Waals surface area (Å²) >= 11 is 6.18. The topological polar surface area (TPSA) is 110 Å². The molecule has 0 bridgehead atoms. The molecule has 1 fully saturated rings. The number of quaternary nitrogens is 1. The van der Waals surface area contributed by atoms with E-state index in [0.29, 0.717) is 40.0 Å². The van der Waals surface area contributed by atoms with Crippen LogP contribution in [0.1, 0.15) is 29.1 Å². The number of esters is 1. The number of carboxylic acids is 1. The van der Waals surface area contributed by atoms with Gasteiger partial charge in [0, 0.05) is 30.8 Å². The molecule has 0 saturated heterocycles. The number of aryl methyl sites for hydroxylation is 1. The molecular weight excluding hydrogens is 400 g/mol. The van der Waals surface area contributed by atoms with E-state index in [0.717, 1.165) is 0 Å². The highest BCUT2D eigenvalue weighted by molar-refractivity contribution is 6.35. The molecule has 0 aliphatic heterocycles. The van der Waals surface area contributed by atoms with Crippen molar-refractivity contribution >= 4 is 40.4 Å². The van der Waals surface area contributed by atoms with Crippen LogP contribution in [0.15, 0.2) is 16.5 Å². The molecule has 0 amide bonds. The van der Waals surface area contributed by atoms with Crippen LogP contribution in [-0.4, -0.2) is 61.0 Å². The summed E-state index contributed by atoms with van der Waals surface area (Å²) in [6.45, 7) is 2.01. The second-order valence-electron chi connectivity index (χ2n) is 8.46. The summed E-state index contributed by atoms with van der Waals surface area (Å²) in [5, 5.41) is 11.3. The van der Waals surface area contributed by atoms with Crippen LogP contribution in [0.5, 0.6) is 0 Å². The van der Waals surface area contributed by atoms with E-state index in [2.05, 4.69) is 4.98 Å². The van der Waals surface area contributed by atoms with E-state index < -0.39 is 29.9 Å². The predicted octanol–water partition coefficient (Wildman–Crippen LogP) is 1.37. The monoisotopic (exact) mass is 422 g/mol. The first-order valence-corrected chi connectivity index (χ1v) is 9.64. The SMILES string of the molecule is Cc1nc2cc(C(=O)[C@H]3C[C@@H]3C(=O)OC(CC(=O)[O-])C[N+](C)(C)C)cc(Cl)c2o1. The van der Waals surface area contributed by atoms with Crippen molar-refractivity contribution in [1.82, 2.24) is 4.98 Å². The maximum absolute atomic E-state index is 12.8. The van der Waals surface area contributed by atoms with Crippen LogP contribution in [0, 0.1) is 18.8 Å². The van der Waals surface area contributed by atoms with Crippen molar-refractivity contribution in [1.29, 1.82) is 0 Å². The van der Waals surface area contributed by atoms with Gasteiger partial charge in [0.05, 0.1) is 32.1 Å².